The summed E-state index contributed by atoms with van der Waals surface area (Å²) in [5.41, 5.74) is 7.40. The van der Waals surface area contributed by atoms with Crippen LogP contribution in [0.4, 0.5) is 5.00 Å². The van der Waals surface area contributed by atoms with Gasteiger partial charge in [-0.15, -0.1) is 11.3 Å². The maximum absolute atomic E-state index is 12.0. The van der Waals surface area contributed by atoms with Crippen LogP contribution in [0.1, 0.15) is 26.4 Å². The van der Waals surface area contributed by atoms with E-state index in [1.54, 1.807) is 30.3 Å². The van der Waals surface area contributed by atoms with Gasteiger partial charge in [0.2, 0.25) is 5.91 Å². The number of nitrogens with one attached hydrogen (secondary N) is 1. The standard InChI is InChI=1S/C16H15ClN2O2S/c1-9-10(2)22-16(14(9)15(18)21)19-13(20)8-5-11-3-6-12(17)7-4-11/h3-8H,1-2H3,(H2,18,21)(H,19,20)/b8-5-. The Labute approximate surface area is 137 Å². The Balaban J connectivity index is 2.14. The molecule has 0 saturated heterocycles. The van der Waals surface area contributed by atoms with E-state index in [1.165, 1.54) is 17.4 Å². The molecule has 4 nitrogen and oxygen atoms in total. The molecule has 0 radical (unpaired) electrons. The first-order valence-electron chi connectivity index (χ1n) is 6.53. The molecule has 2 amide bonds. The van der Waals surface area contributed by atoms with Crippen molar-refractivity contribution >= 4 is 45.8 Å². The predicted molar refractivity (Wildman–Crippen MR) is 91.4 cm³/mol. The highest BCUT2D eigenvalue weighted by Crippen LogP contribution is 2.31. The highest BCUT2D eigenvalue weighted by Gasteiger charge is 2.18. The largest absolute Gasteiger partial charge is 0.365 e. The number of benzene rings is 1. The summed E-state index contributed by atoms with van der Waals surface area (Å²) >= 11 is 7.14. The highest BCUT2D eigenvalue weighted by molar-refractivity contribution is 7.16. The van der Waals surface area contributed by atoms with E-state index >= 15 is 0 Å². The SMILES string of the molecule is Cc1sc(NC(=O)/C=C\c2ccc(Cl)cc2)c(C(N)=O)c1C. The van der Waals surface area contributed by atoms with Gasteiger partial charge in [0.1, 0.15) is 5.00 Å². The Bertz CT molecular complexity index is 748. The minimum absolute atomic E-state index is 0.321. The Hall–Kier alpha value is -2.11. The van der Waals surface area contributed by atoms with Crippen molar-refractivity contribution in [3.63, 3.8) is 0 Å². The molecule has 0 aliphatic carbocycles. The van der Waals surface area contributed by atoms with Gasteiger partial charge in [-0.05, 0) is 43.2 Å². The number of nitrogens with two attached hydrogens (primary N) is 1. The van der Waals surface area contributed by atoms with Crippen LogP contribution in [-0.2, 0) is 4.79 Å². The van der Waals surface area contributed by atoms with Crippen LogP contribution in [0, 0.1) is 13.8 Å². The van der Waals surface area contributed by atoms with Gasteiger partial charge in [-0.1, -0.05) is 23.7 Å². The Morgan fingerprint density at radius 2 is 1.86 bits per heavy atom. The lowest BCUT2D eigenvalue weighted by atomic mass is 10.1. The van der Waals surface area contributed by atoms with E-state index < -0.39 is 5.91 Å². The van der Waals surface area contributed by atoms with Gasteiger partial charge >= 0.3 is 0 Å². The first kappa shape index (κ1) is 16.3. The normalized spacial score (nSPS) is 10.9. The second kappa shape index (κ2) is 6.77. The van der Waals surface area contributed by atoms with E-state index in [0.29, 0.717) is 15.6 Å². The van der Waals surface area contributed by atoms with Gasteiger partial charge in [0.05, 0.1) is 5.56 Å². The molecule has 0 aliphatic heterocycles. The van der Waals surface area contributed by atoms with Crippen molar-refractivity contribution < 1.29 is 9.59 Å². The topological polar surface area (TPSA) is 72.2 Å². The summed E-state index contributed by atoms with van der Waals surface area (Å²) in [6, 6.07) is 7.10. The zero-order valence-electron chi connectivity index (χ0n) is 12.1. The molecule has 0 fully saturated rings. The number of anilines is 1. The lowest BCUT2D eigenvalue weighted by molar-refractivity contribution is -0.111. The van der Waals surface area contributed by atoms with Crippen LogP contribution in [0.3, 0.4) is 0 Å². The zero-order chi connectivity index (χ0) is 16.3. The van der Waals surface area contributed by atoms with E-state index in [1.807, 2.05) is 13.8 Å². The van der Waals surface area contributed by atoms with Crippen molar-refractivity contribution in [1.82, 2.24) is 0 Å². The summed E-state index contributed by atoms with van der Waals surface area (Å²) in [7, 11) is 0. The fourth-order valence-electron chi connectivity index (χ4n) is 1.91. The molecular weight excluding hydrogens is 320 g/mol. The second-order valence-electron chi connectivity index (χ2n) is 4.73. The Morgan fingerprint density at radius 3 is 2.45 bits per heavy atom. The van der Waals surface area contributed by atoms with E-state index in [9.17, 15) is 9.59 Å². The fourth-order valence-corrected chi connectivity index (χ4v) is 3.11. The molecule has 22 heavy (non-hydrogen) atoms. The molecule has 1 heterocycles. The van der Waals surface area contributed by atoms with Crippen molar-refractivity contribution in [3.05, 3.63) is 56.9 Å². The molecule has 1 aromatic carbocycles. The van der Waals surface area contributed by atoms with E-state index in [0.717, 1.165) is 16.0 Å². The third-order valence-corrected chi connectivity index (χ3v) is 4.54. The van der Waals surface area contributed by atoms with Crippen molar-refractivity contribution in [2.45, 2.75) is 13.8 Å². The monoisotopic (exact) mass is 334 g/mol. The molecule has 0 spiro atoms. The molecule has 0 unspecified atom stereocenters. The summed E-state index contributed by atoms with van der Waals surface area (Å²) in [5, 5.41) is 3.82. The molecule has 2 aromatic rings. The lowest BCUT2D eigenvalue weighted by Gasteiger charge is -2.02. The van der Waals surface area contributed by atoms with E-state index in [-0.39, 0.29) is 5.91 Å². The summed E-state index contributed by atoms with van der Waals surface area (Å²) in [4.78, 5) is 24.4. The third-order valence-electron chi connectivity index (χ3n) is 3.17. The van der Waals surface area contributed by atoms with E-state index in [4.69, 9.17) is 17.3 Å². The number of carbonyl (C=O) groups excluding carboxylic acids is 2. The smallest absolute Gasteiger partial charge is 0.251 e. The number of rotatable bonds is 4. The van der Waals surface area contributed by atoms with Crippen LogP contribution in [0.25, 0.3) is 6.08 Å². The molecule has 0 atom stereocenters. The number of hydrogen-bond acceptors (Lipinski definition) is 3. The van der Waals surface area contributed by atoms with Gasteiger partial charge in [0.15, 0.2) is 0 Å². The van der Waals surface area contributed by atoms with Crippen LogP contribution in [0.5, 0.6) is 0 Å². The molecule has 0 bridgehead atoms. The van der Waals surface area contributed by atoms with Crippen LogP contribution in [0.15, 0.2) is 30.3 Å². The number of primary amides is 1. The van der Waals surface area contributed by atoms with Gasteiger partial charge in [-0.3, -0.25) is 9.59 Å². The van der Waals surface area contributed by atoms with Gasteiger partial charge in [0, 0.05) is 16.0 Å². The molecule has 3 N–H and O–H groups in total. The molecule has 0 saturated carbocycles. The molecule has 114 valence electrons. The summed E-state index contributed by atoms with van der Waals surface area (Å²) in [6.45, 7) is 3.69. The average molecular weight is 335 g/mol. The Morgan fingerprint density at radius 1 is 1.23 bits per heavy atom. The predicted octanol–water partition coefficient (Wildman–Crippen LogP) is 3.77. The molecule has 0 aliphatic rings. The zero-order valence-corrected chi connectivity index (χ0v) is 13.7. The lowest BCUT2D eigenvalue weighted by Crippen LogP contribution is -2.16. The van der Waals surface area contributed by atoms with Crippen molar-refractivity contribution in [2.24, 2.45) is 5.73 Å². The number of halogens is 1. The van der Waals surface area contributed by atoms with Crippen LogP contribution in [-0.4, -0.2) is 11.8 Å². The number of thiophene rings is 1. The summed E-state index contributed by atoms with van der Waals surface area (Å²) in [5.74, 6) is -0.863. The fraction of sp³-hybridized carbons (Fsp3) is 0.125. The minimum Gasteiger partial charge on any atom is -0.365 e. The van der Waals surface area contributed by atoms with Crippen molar-refractivity contribution in [2.75, 3.05) is 5.32 Å². The van der Waals surface area contributed by atoms with Crippen molar-refractivity contribution in [3.8, 4) is 0 Å². The molecule has 2 rings (SSSR count). The summed E-state index contributed by atoms with van der Waals surface area (Å²) in [6.07, 6.45) is 3.07. The number of amides is 2. The molecule has 1 aromatic heterocycles. The number of aryl methyl sites for hydroxylation is 1. The number of hydrogen-bond donors (Lipinski definition) is 2. The highest BCUT2D eigenvalue weighted by atomic mass is 35.5. The van der Waals surface area contributed by atoms with Crippen molar-refractivity contribution in [1.29, 1.82) is 0 Å². The maximum atomic E-state index is 12.0. The van der Waals surface area contributed by atoms with Crippen LogP contribution < -0.4 is 11.1 Å². The minimum atomic E-state index is -0.543. The molecular formula is C16H15ClN2O2S. The second-order valence-corrected chi connectivity index (χ2v) is 6.39. The first-order valence-corrected chi connectivity index (χ1v) is 7.72. The quantitative estimate of drug-likeness (QED) is 0.835. The van der Waals surface area contributed by atoms with Gasteiger partial charge in [0.25, 0.3) is 5.91 Å². The maximum Gasteiger partial charge on any atom is 0.251 e. The number of carbonyl (C=O) groups is 2. The third kappa shape index (κ3) is 3.75. The van der Waals surface area contributed by atoms with Gasteiger partial charge < -0.3 is 11.1 Å². The van der Waals surface area contributed by atoms with Crippen LogP contribution >= 0.6 is 22.9 Å². The Kier molecular flexibility index (Phi) is 5.00. The van der Waals surface area contributed by atoms with Gasteiger partial charge in [-0.25, -0.2) is 0 Å². The summed E-state index contributed by atoms with van der Waals surface area (Å²) < 4.78 is 0. The van der Waals surface area contributed by atoms with Crippen LogP contribution in [0.2, 0.25) is 5.02 Å². The van der Waals surface area contributed by atoms with E-state index in [2.05, 4.69) is 5.32 Å². The molecule has 6 heteroatoms. The van der Waals surface area contributed by atoms with Gasteiger partial charge in [-0.2, -0.15) is 0 Å². The average Bonchev–Trinajstić information content (AvgIpc) is 2.73. The first-order chi connectivity index (χ1) is 10.4.